The number of rotatable bonds is 1. The van der Waals surface area contributed by atoms with Crippen LogP contribution in [0.15, 0.2) is 0 Å². The van der Waals surface area contributed by atoms with Crippen LogP contribution in [0.4, 0.5) is 0 Å². The van der Waals surface area contributed by atoms with Gasteiger partial charge in [0.15, 0.2) is 0 Å². The average Bonchev–Trinajstić information content (AvgIpc) is 2.49. The first-order valence-electron chi connectivity index (χ1n) is 4.59. The van der Waals surface area contributed by atoms with Crippen molar-refractivity contribution < 1.29 is 4.74 Å². The standard InChI is InChI=1S/C8H17N3O/c1-12-7-8(11-6-10-7)2-4-9-5-3-8/h7,9-11H,2-6H2,1H3. The second-order valence-electron chi connectivity index (χ2n) is 3.58. The maximum atomic E-state index is 5.40. The van der Waals surface area contributed by atoms with Gasteiger partial charge in [-0.3, -0.25) is 10.6 Å². The van der Waals surface area contributed by atoms with Crippen LogP contribution in [0, 0.1) is 0 Å². The fourth-order valence-electron chi connectivity index (χ4n) is 2.23. The predicted molar refractivity (Wildman–Crippen MR) is 46.8 cm³/mol. The Labute approximate surface area is 73.0 Å². The van der Waals surface area contributed by atoms with E-state index in [2.05, 4.69) is 16.0 Å². The van der Waals surface area contributed by atoms with Crippen molar-refractivity contribution in [2.24, 2.45) is 0 Å². The quantitative estimate of drug-likeness (QED) is 0.485. The Hall–Kier alpha value is -0.160. The molecular weight excluding hydrogens is 154 g/mol. The molecule has 2 aliphatic heterocycles. The number of piperidine rings is 1. The molecular formula is C8H17N3O. The zero-order chi connectivity index (χ0) is 8.44. The molecule has 2 aliphatic rings. The summed E-state index contributed by atoms with van der Waals surface area (Å²) in [6.45, 7) is 3.06. The van der Waals surface area contributed by atoms with Gasteiger partial charge < -0.3 is 10.1 Å². The molecule has 0 aromatic heterocycles. The van der Waals surface area contributed by atoms with Crippen molar-refractivity contribution >= 4 is 0 Å². The first-order chi connectivity index (χ1) is 5.87. The summed E-state index contributed by atoms with van der Waals surface area (Å²) in [6.07, 6.45) is 2.50. The Balaban J connectivity index is 2.05. The average molecular weight is 171 g/mol. The maximum absolute atomic E-state index is 5.40. The second-order valence-corrected chi connectivity index (χ2v) is 3.58. The Morgan fingerprint density at radius 2 is 2.08 bits per heavy atom. The van der Waals surface area contributed by atoms with Crippen molar-refractivity contribution in [3.63, 3.8) is 0 Å². The summed E-state index contributed by atoms with van der Waals surface area (Å²) < 4.78 is 5.40. The molecule has 4 nitrogen and oxygen atoms in total. The number of hydrogen-bond donors (Lipinski definition) is 3. The molecule has 2 heterocycles. The number of hydrogen-bond acceptors (Lipinski definition) is 4. The summed E-state index contributed by atoms with van der Waals surface area (Å²) in [5.74, 6) is 0. The van der Waals surface area contributed by atoms with E-state index >= 15 is 0 Å². The van der Waals surface area contributed by atoms with Gasteiger partial charge in [-0.05, 0) is 25.9 Å². The lowest BCUT2D eigenvalue weighted by atomic mass is 9.88. The van der Waals surface area contributed by atoms with Crippen LogP contribution in [0.25, 0.3) is 0 Å². The third-order valence-electron chi connectivity index (χ3n) is 2.96. The van der Waals surface area contributed by atoms with Gasteiger partial charge in [0.05, 0.1) is 5.54 Å². The van der Waals surface area contributed by atoms with Gasteiger partial charge in [0, 0.05) is 13.8 Å². The van der Waals surface area contributed by atoms with E-state index in [1.54, 1.807) is 7.11 Å². The van der Waals surface area contributed by atoms with E-state index in [-0.39, 0.29) is 11.8 Å². The molecule has 12 heavy (non-hydrogen) atoms. The highest BCUT2D eigenvalue weighted by Gasteiger charge is 2.43. The molecule has 0 amide bonds. The monoisotopic (exact) mass is 171 g/mol. The first-order valence-corrected chi connectivity index (χ1v) is 4.59. The fraction of sp³-hybridized carbons (Fsp3) is 1.00. The third kappa shape index (κ3) is 1.25. The third-order valence-corrected chi connectivity index (χ3v) is 2.96. The van der Waals surface area contributed by atoms with Gasteiger partial charge in [-0.2, -0.15) is 0 Å². The minimum Gasteiger partial charge on any atom is -0.365 e. The van der Waals surface area contributed by atoms with E-state index in [0.29, 0.717) is 0 Å². The van der Waals surface area contributed by atoms with E-state index in [0.717, 1.165) is 32.6 Å². The molecule has 1 atom stereocenters. The fourth-order valence-corrected chi connectivity index (χ4v) is 2.23. The summed E-state index contributed by atoms with van der Waals surface area (Å²) in [4.78, 5) is 0. The molecule has 0 aliphatic carbocycles. The van der Waals surface area contributed by atoms with E-state index in [4.69, 9.17) is 4.74 Å². The van der Waals surface area contributed by atoms with Crippen LogP contribution in [0.5, 0.6) is 0 Å². The van der Waals surface area contributed by atoms with Crippen LogP contribution in [0.2, 0.25) is 0 Å². The van der Waals surface area contributed by atoms with Crippen LogP contribution in [-0.4, -0.2) is 38.6 Å². The molecule has 1 spiro atoms. The number of ether oxygens (including phenoxy) is 1. The highest BCUT2D eigenvalue weighted by molar-refractivity contribution is 5.01. The zero-order valence-corrected chi connectivity index (χ0v) is 7.52. The van der Waals surface area contributed by atoms with Gasteiger partial charge >= 0.3 is 0 Å². The van der Waals surface area contributed by atoms with Crippen LogP contribution in [-0.2, 0) is 4.74 Å². The molecule has 3 N–H and O–H groups in total. The van der Waals surface area contributed by atoms with Gasteiger partial charge in [0.2, 0.25) is 0 Å². The lowest BCUT2D eigenvalue weighted by Gasteiger charge is -2.37. The molecule has 1 unspecified atom stereocenters. The summed E-state index contributed by atoms with van der Waals surface area (Å²) in [5, 5.41) is 10.2. The number of methoxy groups -OCH3 is 1. The highest BCUT2D eigenvalue weighted by Crippen LogP contribution is 2.25. The topological polar surface area (TPSA) is 45.3 Å². The Morgan fingerprint density at radius 1 is 1.33 bits per heavy atom. The van der Waals surface area contributed by atoms with Crippen LogP contribution >= 0.6 is 0 Å². The minimum absolute atomic E-state index is 0.194. The molecule has 2 saturated heterocycles. The van der Waals surface area contributed by atoms with Crippen LogP contribution in [0.3, 0.4) is 0 Å². The molecule has 0 saturated carbocycles. The van der Waals surface area contributed by atoms with E-state index < -0.39 is 0 Å². The largest absolute Gasteiger partial charge is 0.365 e. The maximum Gasteiger partial charge on any atom is 0.127 e. The molecule has 0 radical (unpaired) electrons. The van der Waals surface area contributed by atoms with Gasteiger partial charge in [0.25, 0.3) is 0 Å². The molecule has 0 aromatic carbocycles. The second kappa shape index (κ2) is 3.30. The minimum atomic E-state index is 0.194. The van der Waals surface area contributed by atoms with Crippen molar-refractivity contribution in [2.45, 2.75) is 24.6 Å². The summed E-state index contributed by atoms with van der Waals surface area (Å²) in [6, 6.07) is 0. The summed E-state index contributed by atoms with van der Waals surface area (Å²) >= 11 is 0. The molecule has 0 aromatic rings. The van der Waals surface area contributed by atoms with Gasteiger partial charge in [-0.25, -0.2) is 0 Å². The summed E-state index contributed by atoms with van der Waals surface area (Å²) in [7, 11) is 1.77. The first kappa shape index (κ1) is 8.44. The number of nitrogens with one attached hydrogen (secondary N) is 3. The zero-order valence-electron chi connectivity index (χ0n) is 7.52. The Morgan fingerprint density at radius 3 is 2.75 bits per heavy atom. The lowest BCUT2D eigenvalue weighted by Crippen LogP contribution is -2.56. The van der Waals surface area contributed by atoms with Crippen molar-refractivity contribution in [1.82, 2.24) is 16.0 Å². The van der Waals surface area contributed by atoms with Crippen LogP contribution < -0.4 is 16.0 Å². The highest BCUT2D eigenvalue weighted by atomic mass is 16.5. The van der Waals surface area contributed by atoms with Crippen molar-refractivity contribution in [3.05, 3.63) is 0 Å². The van der Waals surface area contributed by atoms with E-state index in [1.807, 2.05) is 0 Å². The molecule has 0 bridgehead atoms. The SMILES string of the molecule is COC1NCNC12CCNCC2. The van der Waals surface area contributed by atoms with Gasteiger partial charge in [0.1, 0.15) is 6.23 Å². The van der Waals surface area contributed by atoms with Crippen molar-refractivity contribution in [1.29, 1.82) is 0 Å². The Bertz CT molecular complexity index is 156. The predicted octanol–water partition coefficient (Wildman–Crippen LogP) is -0.769. The normalized spacial score (nSPS) is 34.2. The van der Waals surface area contributed by atoms with Crippen molar-refractivity contribution in [2.75, 3.05) is 26.9 Å². The molecule has 4 heteroatoms. The van der Waals surface area contributed by atoms with E-state index in [9.17, 15) is 0 Å². The molecule has 2 rings (SSSR count). The summed E-state index contributed by atoms with van der Waals surface area (Å²) in [5.41, 5.74) is 0.194. The Kier molecular flexibility index (Phi) is 2.32. The van der Waals surface area contributed by atoms with Crippen molar-refractivity contribution in [3.8, 4) is 0 Å². The van der Waals surface area contributed by atoms with Gasteiger partial charge in [-0.15, -0.1) is 0 Å². The van der Waals surface area contributed by atoms with Gasteiger partial charge in [-0.1, -0.05) is 0 Å². The van der Waals surface area contributed by atoms with E-state index in [1.165, 1.54) is 0 Å². The molecule has 2 fully saturated rings. The molecule has 70 valence electrons. The lowest BCUT2D eigenvalue weighted by molar-refractivity contribution is 0.0179. The van der Waals surface area contributed by atoms with Crippen LogP contribution in [0.1, 0.15) is 12.8 Å². The smallest absolute Gasteiger partial charge is 0.127 e.